The second-order valence-electron chi connectivity index (χ2n) is 5.77. The summed E-state index contributed by atoms with van der Waals surface area (Å²) >= 11 is 0. The van der Waals surface area contributed by atoms with Gasteiger partial charge in [-0.05, 0) is 36.1 Å². The Morgan fingerprint density at radius 1 is 1.08 bits per heavy atom. The van der Waals surface area contributed by atoms with Gasteiger partial charge in [-0.25, -0.2) is 4.79 Å². The Morgan fingerprint density at radius 2 is 1.76 bits per heavy atom. The van der Waals surface area contributed by atoms with E-state index in [0.717, 1.165) is 19.3 Å². The van der Waals surface area contributed by atoms with Crippen LogP contribution in [0.4, 0.5) is 5.69 Å². The Morgan fingerprint density at radius 3 is 2.40 bits per heavy atom. The summed E-state index contributed by atoms with van der Waals surface area (Å²) in [5.41, 5.74) is 2.29. The third-order valence-corrected chi connectivity index (χ3v) is 3.74. The summed E-state index contributed by atoms with van der Waals surface area (Å²) in [6.45, 7) is 1.70. The van der Waals surface area contributed by atoms with Gasteiger partial charge in [-0.1, -0.05) is 55.8 Å². The summed E-state index contributed by atoms with van der Waals surface area (Å²) in [7, 11) is 0. The maximum atomic E-state index is 11.9. The van der Waals surface area contributed by atoms with Crippen LogP contribution in [0.25, 0.3) is 0 Å². The molecule has 5 heteroatoms. The molecule has 0 aliphatic rings. The molecule has 0 unspecified atom stereocenters. The molecule has 0 saturated heterocycles. The van der Waals surface area contributed by atoms with Gasteiger partial charge in [0.1, 0.15) is 0 Å². The van der Waals surface area contributed by atoms with Crippen LogP contribution in [0.3, 0.4) is 0 Å². The molecule has 0 aliphatic carbocycles. The van der Waals surface area contributed by atoms with Gasteiger partial charge in [0, 0.05) is 5.69 Å². The second kappa shape index (κ2) is 9.59. The van der Waals surface area contributed by atoms with Crippen molar-refractivity contribution in [2.75, 3.05) is 11.9 Å². The summed E-state index contributed by atoms with van der Waals surface area (Å²) in [5.74, 6) is -1.30. The van der Waals surface area contributed by atoms with Crippen molar-refractivity contribution >= 4 is 17.6 Å². The number of unbranched alkanes of at least 4 members (excludes halogenated alkanes) is 1. The fraction of sp³-hybridized carbons (Fsp3) is 0.300. The Labute approximate surface area is 147 Å². The molecular weight excluding hydrogens is 318 g/mol. The summed E-state index contributed by atoms with van der Waals surface area (Å²) in [6.07, 6.45) is 1.89. The van der Waals surface area contributed by atoms with Crippen molar-refractivity contribution in [1.82, 2.24) is 0 Å². The average molecular weight is 341 g/mol. The predicted molar refractivity (Wildman–Crippen MR) is 96.0 cm³/mol. The predicted octanol–water partition coefficient (Wildman–Crippen LogP) is 3.24. The summed E-state index contributed by atoms with van der Waals surface area (Å²) in [6, 6.07) is 16.0. The van der Waals surface area contributed by atoms with Gasteiger partial charge in [-0.3, -0.25) is 4.79 Å². The van der Waals surface area contributed by atoms with E-state index >= 15 is 0 Å². The van der Waals surface area contributed by atoms with Crippen LogP contribution in [0, 0.1) is 0 Å². The molecule has 2 aromatic rings. The van der Waals surface area contributed by atoms with Crippen LogP contribution in [-0.2, 0) is 20.7 Å². The molecule has 0 fully saturated rings. The zero-order chi connectivity index (χ0) is 18.1. The third kappa shape index (κ3) is 6.04. The highest BCUT2D eigenvalue weighted by atomic mass is 16.5. The Bertz CT molecular complexity index is 683. The monoisotopic (exact) mass is 341 g/mol. The number of esters is 1. The van der Waals surface area contributed by atoms with Crippen LogP contribution in [0.2, 0.25) is 0 Å². The van der Waals surface area contributed by atoms with Gasteiger partial charge < -0.3 is 15.2 Å². The largest absolute Gasteiger partial charge is 0.453 e. The first-order chi connectivity index (χ1) is 12.1. The number of rotatable bonds is 8. The highest BCUT2D eigenvalue weighted by Gasteiger charge is 2.19. The SMILES string of the molecule is CCCCc1ccc(NC(=O)COC(=O)[C@H](O)c2ccccc2)cc1. The molecule has 0 aliphatic heterocycles. The molecule has 2 aromatic carbocycles. The van der Waals surface area contributed by atoms with Gasteiger partial charge in [0.25, 0.3) is 5.91 Å². The zero-order valence-electron chi connectivity index (χ0n) is 14.3. The standard InChI is InChI=1S/C20H23NO4/c1-2-3-7-15-10-12-17(13-11-15)21-18(22)14-25-20(24)19(23)16-8-5-4-6-9-16/h4-6,8-13,19,23H,2-3,7,14H2,1H3,(H,21,22)/t19-/m1/s1. The molecule has 0 aromatic heterocycles. The number of aryl methyl sites for hydroxylation is 1. The normalized spacial score (nSPS) is 11.6. The zero-order valence-corrected chi connectivity index (χ0v) is 14.3. The van der Waals surface area contributed by atoms with Gasteiger partial charge in [0.15, 0.2) is 12.7 Å². The molecule has 1 atom stereocenters. The Balaban J connectivity index is 1.79. The first-order valence-corrected chi connectivity index (χ1v) is 8.38. The van der Waals surface area contributed by atoms with E-state index in [1.165, 1.54) is 5.56 Å². The molecular formula is C20H23NO4. The number of carbonyl (C=O) groups is 2. The number of nitrogens with one attached hydrogen (secondary N) is 1. The van der Waals surface area contributed by atoms with Crippen molar-refractivity contribution in [3.05, 3.63) is 65.7 Å². The van der Waals surface area contributed by atoms with Crippen LogP contribution in [-0.4, -0.2) is 23.6 Å². The molecule has 0 spiro atoms. The lowest BCUT2D eigenvalue weighted by atomic mass is 10.1. The van der Waals surface area contributed by atoms with Crippen LogP contribution < -0.4 is 5.32 Å². The number of hydrogen-bond donors (Lipinski definition) is 2. The minimum atomic E-state index is -1.40. The van der Waals surface area contributed by atoms with Crippen molar-refractivity contribution in [1.29, 1.82) is 0 Å². The molecule has 0 saturated carbocycles. The molecule has 2 rings (SSSR count). The number of amides is 1. The quantitative estimate of drug-likeness (QED) is 0.723. The van der Waals surface area contributed by atoms with E-state index < -0.39 is 24.6 Å². The third-order valence-electron chi connectivity index (χ3n) is 3.74. The molecule has 25 heavy (non-hydrogen) atoms. The lowest BCUT2D eigenvalue weighted by Gasteiger charge is -2.11. The fourth-order valence-corrected chi connectivity index (χ4v) is 2.32. The number of carbonyl (C=O) groups excluding carboxylic acids is 2. The maximum Gasteiger partial charge on any atom is 0.340 e. The van der Waals surface area contributed by atoms with E-state index in [1.807, 2.05) is 24.3 Å². The van der Waals surface area contributed by atoms with Crippen LogP contribution in [0.15, 0.2) is 54.6 Å². The number of anilines is 1. The second-order valence-corrected chi connectivity index (χ2v) is 5.77. The molecule has 0 radical (unpaired) electrons. The van der Waals surface area contributed by atoms with Gasteiger partial charge >= 0.3 is 5.97 Å². The molecule has 132 valence electrons. The van der Waals surface area contributed by atoms with Crippen molar-refractivity contribution in [2.45, 2.75) is 32.3 Å². The number of aliphatic hydroxyl groups excluding tert-OH is 1. The van der Waals surface area contributed by atoms with Crippen molar-refractivity contribution in [3.63, 3.8) is 0 Å². The van der Waals surface area contributed by atoms with Gasteiger partial charge in [-0.2, -0.15) is 0 Å². The molecule has 0 heterocycles. The number of aliphatic hydroxyl groups is 1. The van der Waals surface area contributed by atoms with E-state index in [9.17, 15) is 14.7 Å². The molecule has 2 N–H and O–H groups in total. The van der Waals surface area contributed by atoms with E-state index in [1.54, 1.807) is 30.3 Å². The smallest absolute Gasteiger partial charge is 0.340 e. The lowest BCUT2D eigenvalue weighted by Crippen LogP contribution is -2.23. The van der Waals surface area contributed by atoms with Crippen molar-refractivity contribution in [2.24, 2.45) is 0 Å². The highest BCUT2D eigenvalue weighted by Crippen LogP contribution is 2.14. The van der Waals surface area contributed by atoms with Crippen LogP contribution >= 0.6 is 0 Å². The van der Waals surface area contributed by atoms with Gasteiger partial charge in [0.2, 0.25) is 0 Å². The van der Waals surface area contributed by atoms with Gasteiger partial charge in [-0.15, -0.1) is 0 Å². The Kier molecular flexibility index (Phi) is 7.16. The lowest BCUT2D eigenvalue weighted by molar-refractivity contribution is -0.156. The molecule has 0 bridgehead atoms. The van der Waals surface area contributed by atoms with Crippen LogP contribution in [0.5, 0.6) is 0 Å². The topological polar surface area (TPSA) is 75.6 Å². The van der Waals surface area contributed by atoms with E-state index in [4.69, 9.17) is 4.74 Å². The summed E-state index contributed by atoms with van der Waals surface area (Å²) < 4.78 is 4.87. The van der Waals surface area contributed by atoms with E-state index in [2.05, 4.69) is 12.2 Å². The highest BCUT2D eigenvalue weighted by molar-refractivity contribution is 5.93. The minimum Gasteiger partial charge on any atom is -0.453 e. The number of ether oxygens (including phenoxy) is 1. The molecule has 1 amide bonds. The summed E-state index contributed by atoms with van der Waals surface area (Å²) in [4.78, 5) is 23.7. The fourth-order valence-electron chi connectivity index (χ4n) is 2.32. The summed E-state index contributed by atoms with van der Waals surface area (Å²) in [5, 5.41) is 12.5. The van der Waals surface area contributed by atoms with E-state index in [0.29, 0.717) is 11.3 Å². The van der Waals surface area contributed by atoms with E-state index in [-0.39, 0.29) is 0 Å². The first-order valence-electron chi connectivity index (χ1n) is 8.38. The Hall–Kier alpha value is -2.66. The first kappa shape index (κ1) is 18.7. The molecule has 5 nitrogen and oxygen atoms in total. The van der Waals surface area contributed by atoms with Gasteiger partial charge in [0.05, 0.1) is 0 Å². The van der Waals surface area contributed by atoms with Crippen LogP contribution in [0.1, 0.15) is 37.0 Å². The number of hydrogen-bond acceptors (Lipinski definition) is 4. The maximum absolute atomic E-state index is 11.9. The van der Waals surface area contributed by atoms with Crippen molar-refractivity contribution < 1.29 is 19.4 Å². The average Bonchev–Trinajstić information content (AvgIpc) is 2.65. The number of benzene rings is 2. The van der Waals surface area contributed by atoms with Crippen molar-refractivity contribution in [3.8, 4) is 0 Å². The minimum absolute atomic E-state index is 0.426.